The van der Waals surface area contributed by atoms with Crippen molar-refractivity contribution in [2.75, 3.05) is 6.54 Å². The lowest BCUT2D eigenvalue weighted by Crippen LogP contribution is -2.38. The highest BCUT2D eigenvalue weighted by molar-refractivity contribution is 6.00. The van der Waals surface area contributed by atoms with Gasteiger partial charge >= 0.3 is 0 Å². The van der Waals surface area contributed by atoms with Gasteiger partial charge in [-0.05, 0) is 25.0 Å². The lowest BCUT2D eigenvalue weighted by atomic mass is 9.74. The Morgan fingerprint density at radius 2 is 1.89 bits per heavy atom. The second-order valence-electron chi connectivity index (χ2n) is 5.24. The summed E-state index contributed by atoms with van der Waals surface area (Å²) in [6.07, 6.45) is 6.07. The van der Waals surface area contributed by atoms with E-state index in [1.165, 1.54) is 12.1 Å². The Labute approximate surface area is 107 Å². The number of Topliss-reactive ketones (excluding diaryl/α,β-unsaturated/α-hetero) is 1. The molecule has 1 saturated carbocycles. The summed E-state index contributed by atoms with van der Waals surface area (Å²) < 4.78 is 13.2. The molecule has 1 aliphatic carbocycles. The van der Waals surface area contributed by atoms with Crippen LogP contribution in [0.15, 0.2) is 24.3 Å². The van der Waals surface area contributed by atoms with Gasteiger partial charge in [0.15, 0.2) is 5.78 Å². The van der Waals surface area contributed by atoms with Gasteiger partial charge in [-0.25, -0.2) is 4.39 Å². The molecule has 0 amide bonds. The molecule has 0 bridgehead atoms. The molecule has 3 heteroatoms. The normalized spacial score (nSPS) is 19.2. The standard InChI is InChI=1S/C15H20FNO/c16-13-7-5-6-12(10-13)14(18)15(11-17)8-3-1-2-4-9-15/h5-7,10H,1-4,8-9,11,17H2. The molecule has 2 rings (SSSR count). The fourth-order valence-corrected chi connectivity index (χ4v) is 2.87. The molecule has 98 valence electrons. The SMILES string of the molecule is NCC1(C(=O)c2cccc(F)c2)CCCCCC1. The number of halogens is 1. The van der Waals surface area contributed by atoms with Crippen molar-refractivity contribution in [3.63, 3.8) is 0 Å². The first-order chi connectivity index (χ1) is 8.68. The van der Waals surface area contributed by atoms with Crippen LogP contribution in [0, 0.1) is 11.2 Å². The van der Waals surface area contributed by atoms with E-state index in [9.17, 15) is 9.18 Å². The molecule has 1 aromatic carbocycles. The van der Waals surface area contributed by atoms with Crippen molar-refractivity contribution in [2.24, 2.45) is 11.1 Å². The van der Waals surface area contributed by atoms with E-state index in [-0.39, 0.29) is 11.6 Å². The summed E-state index contributed by atoms with van der Waals surface area (Å²) in [4.78, 5) is 12.6. The molecule has 1 aromatic rings. The van der Waals surface area contributed by atoms with Crippen molar-refractivity contribution >= 4 is 5.78 Å². The van der Waals surface area contributed by atoms with E-state index in [1.807, 2.05) is 0 Å². The van der Waals surface area contributed by atoms with Gasteiger partial charge < -0.3 is 5.73 Å². The molecule has 1 fully saturated rings. The Morgan fingerprint density at radius 1 is 1.22 bits per heavy atom. The van der Waals surface area contributed by atoms with Gasteiger partial charge in [0.2, 0.25) is 0 Å². The van der Waals surface area contributed by atoms with Crippen molar-refractivity contribution in [1.82, 2.24) is 0 Å². The van der Waals surface area contributed by atoms with Crippen molar-refractivity contribution in [3.8, 4) is 0 Å². The van der Waals surface area contributed by atoms with Crippen LogP contribution in [-0.4, -0.2) is 12.3 Å². The van der Waals surface area contributed by atoms with E-state index in [4.69, 9.17) is 5.73 Å². The Balaban J connectivity index is 2.28. The molecule has 18 heavy (non-hydrogen) atoms. The number of benzene rings is 1. The fourth-order valence-electron chi connectivity index (χ4n) is 2.87. The summed E-state index contributed by atoms with van der Waals surface area (Å²) in [5.74, 6) is -0.340. The number of carbonyl (C=O) groups is 1. The van der Waals surface area contributed by atoms with Crippen LogP contribution in [-0.2, 0) is 0 Å². The van der Waals surface area contributed by atoms with E-state index < -0.39 is 5.41 Å². The maximum Gasteiger partial charge on any atom is 0.170 e. The van der Waals surface area contributed by atoms with Gasteiger partial charge in [0.1, 0.15) is 5.82 Å². The molecule has 0 unspecified atom stereocenters. The lowest BCUT2D eigenvalue weighted by Gasteiger charge is -2.29. The highest BCUT2D eigenvalue weighted by Gasteiger charge is 2.37. The number of ketones is 1. The summed E-state index contributed by atoms with van der Waals surface area (Å²) in [5.41, 5.74) is 5.86. The predicted molar refractivity (Wildman–Crippen MR) is 69.9 cm³/mol. The molecule has 0 saturated heterocycles. The van der Waals surface area contributed by atoms with Gasteiger partial charge in [0.25, 0.3) is 0 Å². The van der Waals surface area contributed by atoms with Crippen molar-refractivity contribution in [3.05, 3.63) is 35.6 Å². The minimum Gasteiger partial charge on any atom is -0.329 e. The number of rotatable bonds is 3. The monoisotopic (exact) mass is 249 g/mol. The Kier molecular flexibility index (Phi) is 4.12. The third-order valence-electron chi connectivity index (χ3n) is 4.02. The zero-order valence-corrected chi connectivity index (χ0v) is 10.6. The molecular formula is C15H20FNO. The number of hydrogen-bond acceptors (Lipinski definition) is 2. The first-order valence-corrected chi connectivity index (χ1v) is 6.68. The molecule has 0 aliphatic heterocycles. The summed E-state index contributed by atoms with van der Waals surface area (Å²) in [6.45, 7) is 0.363. The van der Waals surface area contributed by atoms with Crippen LogP contribution in [0.3, 0.4) is 0 Å². The highest BCUT2D eigenvalue weighted by Crippen LogP contribution is 2.37. The predicted octanol–water partition coefficient (Wildman–Crippen LogP) is 3.31. The van der Waals surface area contributed by atoms with Gasteiger partial charge in [0.05, 0.1) is 0 Å². The number of carbonyl (C=O) groups excluding carboxylic acids is 1. The van der Waals surface area contributed by atoms with E-state index in [0.717, 1.165) is 38.5 Å². The van der Waals surface area contributed by atoms with Crippen molar-refractivity contribution in [1.29, 1.82) is 0 Å². The average Bonchev–Trinajstić information content (AvgIpc) is 2.64. The van der Waals surface area contributed by atoms with E-state index >= 15 is 0 Å². The van der Waals surface area contributed by atoms with E-state index in [0.29, 0.717) is 12.1 Å². The van der Waals surface area contributed by atoms with E-state index in [1.54, 1.807) is 12.1 Å². The summed E-state index contributed by atoms with van der Waals surface area (Å²) in [5, 5.41) is 0. The number of hydrogen-bond donors (Lipinski definition) is 1. The van der Waals surface area contributed by atoms with Gasteiger partial charge in [-0.1, -0.05) is 37.8 Å². The second kappa shape index (κ2) is 5.61. The zero-order chi connectivity index (χ0) is 13.0. The Morgan fingerprint density at radius 3 is 2.44 bits per heavy atom. The second-order valence-corrected chi connectivity index (χ2v) is 5.24. The molecule has 0 aromatic heterocycles. The topological polar surface area (TPSA) is 43.1 Å². The molecular weight excluding hydrogens is 229 g/mol. The van der Waals surface area contributed by atoms with Crippen molar-refractivity contribution < 1.29 is 9.18 Å². The summed E-state index contributed by atoms with van der Waals surface area (Å²) in [7, 11) is 0. The van der Waals surface area contributed by atoms with Crippen LogP contribution in [0.25, 0.3) is 0 Å². The highest BCUT2D eigenvalue weighted by atomic mass is 19.1. The van der Waals surface area contributed by atoms with Crippen LogP contribution in [0.2, 0.25) is 0 Å². The molecule has 0 heterocycles. The molecule has 2 nitrogen and oxygen atoms in total. The molecule has 2 N–H and O–H groups in total. The maximum absolute atomic E-state index is 13.2. The van der Waals surface area contributed by atoms with Crippen LogP contribution >= 0.6 is 0 Å². The molecule has 0 radical (unpaired) electrons. The average molecular weight is 249 g/mol. The quantitative estimate of drug-likeness (QED) is 0.659. The van der Waals surface area contributed by atoms with Gasteiger partial charge in [-0.3, -0.25) is 4.79 Å². The maximum atomic E-state index is 13.2. The van der Waals surface area contributed by atoms with Gasteiger partial charge in [-0.15, -0.1) is 0 Å². The van der Waals surface area contributed by atoms with Gasteiger partial charge in [-0.2, -0.15) is 0 Å². The minimum atomic E-state index is -0.468. The van der Waals surface area contributed by atoms with Crippen LogP contribution in [0.5, 0.6) is 0 Å². The van der Waals surface area contributed by atoms with Gasteiger partial charge in [0, 0.05) is 17.5 Å². The summed E-state index contributed by atoms with van der Waals surface area (Å²) in [6, 6.07) is 5.96. The van der Waals surface area contributed by atoms with E-state index in [2.05, 4.69) is 0 Å². The first-order valence-electron chi connectivity index (χ1n) is 6.68. The summed E-state index contributed by atoms with van der Waals surface area (Å²) >= 11 is 0. The molecule has 0 spiro atoms. The van der Waals surface area contributed by atoms with Crippen molar-refractivity contribution in [2.45, 2.75) is 38.5 Å². The molecule has 0 atom stereocenters. The third-order valence-corrected chi connectivity index (χ3v) is 4.02. The lowest BCUT2D eigenvalue weighted by molar-refractivity contribution is 0.0774. The molecule has 1 aliphatic rings. The minimum absolute atomic E-state index is 0.0198. The van der Waals surface area contributed by atoms with Crippen LogP contribution < -0.4 is 5.73 Å². The Bertz CT molecular complexity index is 422. The van der Waals surface area contributed by atoms with Crippen LogP contribution in [0.1, 0.15) is 48.9 Å². The Hall–Kier alpha value is -1.22. The third kappa shape index (κ3) is 2.61. The fraction of sp³-hybridized carbons (Fsp3) is 0.533. The first kappa shape index (κ1) is 13.2. The van der Waals surface area contributed by atoms with Crippen LogP contribution in [0.4, 0.5) is 4.39 Å². The zero-order valence-electron chi connectivity index (χ0n) is 10.6. The number of nitrogens with two attached hydrogens (primary N) is 1. The smallest absolute Gasteiger partial charge is 0.170 e. The largest absolute Gasteiger partial charge is 0.329 e.